The van der Waals surface area contributed by atoms with Crippen molar-refractivity contribution in [1.82, 2.24) is 14.7 Å². The summed E-state index contributed by atoms with van der Waals surface area (Å²) in [6.45, 7) is 0. The van der Waals surface area contributed by atoms with Crippen molar-refractivity contribution in [2.75, 3.05) is 5.32 Å². The van der Waals surface area contributed by atoms with Gasteiger partial charge in [-0.3, -0.25) is 4.55 Å². The molecule has 0 amide bonds. The highest BCUT2D eigenvalue weighted by Crippen LogP contribution is 2.34. The Morgan fingerprint density at radius 1 is 1.00 bits per heavy atom. The van der Waals surface area contributed by atoms with Crippen LogP contribution in [0.5, 0.6) is 0 Å². The van der Waals surface area contributed by atoms with E-state index < -0.39 is 11.3 Å². The minimum atomic E-state index is -2.03. The summed E-state index contributed by atoms with van der Waals surface area (Å²) in [5.41, 5.74) is 5.26. The van der Waals surface area contributed by atoms with E-state index in [-0.39, 0.29) is 12.1 Å². The average molecular weight is 521 g/mol. The molecule has 0 spiro atoms. The first-order valence-electron chi connectivity index (χ1n) is 11.2. The number of hydrogen-bond donors (Lipinski definition) is 3. The molecule has 2 aromatic heterocycles. The van der Waals surface area contributed by atoms with Crippen molar-refractivity contribution in [3.63, 3.8) is 0 Å². The molecule has 0 saturated heterocycles. The van der Waals surface area contributed by atoms with Crippen molar-refractivity contribution in [1.29, 1.82) is 0 Å². The van der Waals surface area contributed by atoms with Crippen LogP contribution in [0.1, 0.15) is 24.6 Å². The van der Waals surface area contributed by atoms with Crippen LogP contribution in [-0.4, -0.2) is 24.8 Å². The van der Waals surface area contributed by atoms with Gasteiger partial charge in [0.15, 0.2) is 5.13 Å². The van der Waals surface area contributed by atoms with E-state index in [9.17, 15) is 4.21 Å². The fourth-order valence-corrected chi connectivity index (χ4v) is 5.98. The largest absolute Gasteiger partial charge is 0.353 e. The zero-order chi connectivity index (χ0) is 24.0. The fourth-order valence-electron chi connectivity index (χ4n) is 3.89. The predicted octanol–water partition coefficient (Wildman–Crippen LogP) is 6.46. The molecule has 1 aliphatic rings. The Bertz CT molecular complexity index is 1350. The third-order valence-corrected chi connectivity index (χ3v) is 7.83. The van der Waals surface area contributed by atoms with Gasteiger partial charge >= 0.3 is 0 Å². The minimum absolute atomic E-state index is 0.0640. The molecule has 9 heteroatoms. The summed E-state index contributed by atoms with van der Waals surface area (Å²) >= 11 is 1.19. The molecular formula is C26H24N4O2S3. The van der Waals surface area contributed by atoms with Crippen LogP contribution < -0.4 is 10.0 Å². The van der Waals surface area contributed by atoms with Gasteiger partial charge in [-0.2, -0.15) is 0 Å². The van der Waals surface area contributed by atoms with Gasteiger partial charge in [0.25, 0.3) is 0 Å². The smallest absolute Gasteiger partial charge is 0.232 e. The number of nitrogens with one attached hydrogen (secondary N) is 2. The number of anilines is 1. The first-order valence-corrected chi connectivity index (χ1v) is 14.0. The second-order valence-corrected chi connectivity index (χ2v) is 10.5. The number of nitrogens with zero attached hydrogens (tertiary/aromatic N) is 2. The summed E-state index contributed by atoms with van der Waals surface area (Å²) in [6, 6.07) is 20.1. The number of allylic oxidation sites excluding steroid dienone is 1. The van der Waals surface area contributed by atoms with Crippen molar-refractivity contribution < 1.29 is 8.76 Å². The molecule has 5 rings (SSSR count). The molecule has 0 bridgehead atoms. The molecule has 3 atom stereocenters. The van der Waals surface area contributed by atoms with Gasteiger partial charge in [-0.1, -0.05) is 78.9 Å². The highest BCUT2D eigenvalue weighted by atomic mass is 32.2. The first-order chi connectivity index (χ1) is 17.1. The third-order valence-electron chi connectivity index (χ3n) is 5.64. The van der Waals surface area contributed by atoms with Crippen LogP contribution in [0.15, 0.2) is 95.2 Å². The number of aromatic nitrogens is 2. The van der Waals surface area contributed by atoms with E-state index in [0.29, 0.717) is 6.42 Å². The van der Waals surface area contributed by atoms with Gasteiger partial charge in [0, 0.05) is 27.9 Å². The van der Waals surface area contributed by atoms with Crippen molar-refractivity contribution >= 4 is 39.1 Å². The summed E-state index contributed by atoms with van der Waals surface area (Å²) in [6.07, 6.45) is 7.45. The molecule has 35 heavy (non-hydrogen) atoms. The van der Waals surface area contributed by atoms with Crippen molar-refractivity contribution in [3.05, 3.63) is 101 Å². The first kappa shape index (κ1) is 23.8. The molecule has 2 heterocycles. The SMILES string of the molecule is O=S(O)NC1C=CC(C[C@H](Nc2nc(-c3ccccc3)cs2)c2csc(-c3ccccc3)n2)=CC1. The van der Waals surface area contributed by atoms with E-state index in [1.165, 1.54) is 0 Å². The van der Waals surface area contributed by atoms with Crippen molar-refractivity contribution in [2.45, 2.75) is 24.9 Å². The summed E-state index contributed by atoms with van der Waals surface area (Å²) < 4.78 is 22.8. The predicted molar refractivity (Wildman–Crippen MR) is 146 cm³/mol. The second-order valence-electron chi connectivity index (χ2n) is 8.10. The summed E-state index contributed by atoms with van der Waals surface area (Å²) in [4.78, 5) is 9.78. The van der Waals surface area contributed by atoms with Gasteiger partial charge in [0.1, 0.15) is 5.01 Å². The maximum atomic E-state index is 11.1. The van der Waals surface area contributed by atoms with Gasteiger partial charge in [0.2, 0.25) is 11.3 Å². The molecule has 2 unspecified atom stereocenters. The Hall–Kier alpha value is -2.95. The van der Waals surface area contributed by atoms with Crippen LogP contribution in [-0.2, 0) is 11.3 Å². The lowest BCUT2D eigenvalue weighted by atomic mass is 9.97. The standard InChI is InChI=1S/C26H24N4O2S3/c31-35(32)30-21-13-11-18(12-14-21)15-22(24-17-33-25(27-24)20-9-5-2-6-10-20)28-26-29-23(16-34-26)19-7-3-1-4-8-19/h1-13,16-17,21-22,30H,14-15H2,(H,28,29)(H,31,32)/t21?,22-/m0/s1. The summed E-state index contributed by atoms with van der Waals surface area (Å²) in [5, 5.41) is 9.62. The molecule has 6 nitrogen and oxygen atoms in total. The number of benzene rings is 2. The van der Waals surface area contributed by atoms with Crippen molar-refractivity contribution in [3.8, 4) is 21.8 Å². The highest BCUT2D eigenvalue weighted by molar-refractivity contribution is 7.77. The Morgan fingerprint density at radius 2 is 1.74 bits per heavy atom. The maximum absolute atomic E-state index is 11.1. The Kier molecular flexibility index (Phi) is 7.60. The topological polar surface area (TPSA) is 87.1 Å². The third kappa shape index (κ3) is 6.19. The van der Waals surface area contributed by atoms with Crippen LogP contribution in [0.25, 0.3) is 21.8 Å². The maximum Gasteiger partial charge on any atom is 0.232 e. The van der Waals surface area contributed by atoms with E-state index in [1.807, 2.05) is 48.6 Å². The summed E-state index contributed by atoms with van der Waals surface area (Å²) in [5.74, 6) is 0. The Morgan fingerprint density at radius 3 is 2.43 bits per heavy atom. The average Bonchev–Trinajstić information content (AvgIpc) is 3.56. The molecule has 0 radical (unpaired) electrons. The lowest BCUT2D eigenvalue weighted by Crippen LogP contribution is -2.29. The fraction of sp³-hybridized carbons (Fsp3) is 0.154. The van der Waals surface area contributed by atoms with Gasteiger partial charge in [-0.05, 0) is 18.4 Å². The van der Waals surface area contributed by atoms with Crippen molar-refractivity contribution in [2.24, 2.45) is 0 Å². The second kappa shape index (κ2) is 11.2. The number of hydrogen-bond acceptors (Lipinski definition) is 6. The molecule has 4 aromatic rings. The van der Waals surface area contributed by atoms with Gasteiger partial charge in [-0.15, -0.1) is 22.7 Å². The molecule has 178 valence electrons. The van der Waals surface area contributed by atoms with Crippen LogP contribution in [0.3, 0.4) is 0 Å². The molecular weight excluding hydrogens is 497 g/mol. The van der Waals surface area contributed by atoms with Gasteiger partial charge in [-0.25, -0.2) is 18.9 Å². The van der Waals surface area contributed by atoms with E-state index in [2.05, 4.69) is 51.1 Å². The van der Waals surface area contributed by atoms with E-state index in [4.69, 9.17) is 14.5 Å². The summed E-state index contributed by atoms with van der Waals surface area (Å²) in [7, 11) is 0. The lowest BCUT2D eigenvalue weighted by Gasteiger charge is -2.20. The zero-order valence-electron chi connectivity index (χ0n) is 18.7. The lowest BCUT2D eigenvalue weighted by molar-refractivity contribution is 0.539. The number of rotatable bonds is 9. The molecule has 0 saturated carbocycles. The van der Waals surface area contributed by atoms with E-state index >= 15 is 0 Å². The van der Waals surface area contributed by atoms with Gasteiger partial charge in [0.05, 0.1) is 17.4 Å². The molecule has 0 fully saturated rings. The minimum Gasteiger partial charge on any atom is -0.353 e. The van der Waals surface area contributed by atoms with Crippen LogP contribution >= 0.6 is 22.7 Å². The number of thiazole rings is 2. The highest BCUT2D eigenvalue weighted by Gasteiger charge is 2.20. The normalized spacial score (nSPS) is 17.1. The molecule has 0 aliphatic heterocycles. The Labute approximate surface area is 214 Å². The van der Waals surface area contributed by atoms with Crippen LogP contribution in [0.4, 0.5) is 5.13 Å². The zero-order valence-corrected chi connectivity index (χ0v) is 21.2. The molecule has 2 aromatic carbocycles. The van der Waals surface area contributed by atoms with E-state index in [1.54, 1.807) is 22.7 Å². The van der Waals surface area contributed by atoms with E-state index in [0.717, 1.165) is 44.6 Å². The molecule has 1 aliphatic carbocycles. The Balaban J connectivity index is 1.38. The quantitative estimate of drug-likeness (QED) is 0.221. The van der Waals surface area contributed by atoms with Gasteiger partial charge < -0.3 is 5.32 Å². The van der Waals surface area contributed by atoms with Crippen LogP contribution in [0, 0.1) is 0 Å². The monoisotopic (exact) mass is 520 g/mol. The van der Waals surface area contributed by atoms with Crippen LogP contribution in [0.2, 0.25) is 0 Å². The molecule has 3 N–H and O–H groups in total.